The van der Waals surface area contributed by atoms with E-state index in [9.17, 15) is 22.9 Å². The molecule has 3 rings (SSSR count). The fourth-order valence-corrected chi connectivity index (χ4v) is 7.31. The Labute approximate surface area is 225 Å². The third-order valence-electron chi connectivity index (χ3n) is 4.25. The minimum atomic E-state index is -4.43. The zero-order valence-corrected chi connectivity index (χ0v) is 23.4. The van der Waals surface area contributed by atoms with Crippen LogP contribution in [0.5, 0.6) is 11.5 Å². The number of carbonyl (C=O) groups is 1. The van der Waals surface area contributed by atoms with E-state index >= 15 is 0 Å². The molecule has 11 heteroatoms. The summed E-state index contributed by atoms with van der Waals surface area (Å²) in [5, 5.41) is 10.1. The van der Waals surface area contributed by atoms with Crippen LogP contribution in [0.3, 0.4) is 0 Å². The summed E-state index contributed by atoms with van der Waals surface area (Å²) in [7, 11) is -4.43. The van der Waals surface area contributed by atoms with Crippen LogP contribution in [-0.4, -0.2) is 37.3 Å². The summed E-state index contributed by atoms with van der Waals surface area (Å²) in [6.07, 6.45) is 0. The largest absolute Gasteiger partial charge is 0.506 e. The van der Waals surface area contributed by atoms with E-state index in [-0.39, 0.29) is 29.4 Å². The summed E-state index contributed by atoms with van der Waals surface area (Å²) in [6.45, 7) is -0.0346. The van der Waals surface area contributed by atoms with Gasteiger partial charge >= 0.3 is 5.97 Å². The molecule has 0 saturated heterocycles. The number of benzene rings is 3. The van der Waals surface area contributed by atoms with Gasteiger partial charge in [0.2, 0.25) is 0 Å². The molecule has 0 saturated carbocycles. The maximum atomic E-state index is 12.5. The van der Waals surface area contributed by atoms with Crippen molar-refractivity contribution in [3.63, 3.8) is 0 Å². The smallest absolute Gasteiger partial charge is 0.340 e. The van der Waals surface area contributed by atoms with E-state index in [0.717, 1.165) is 0 Å². The average molecular weight is 792 g/mol. The van der Waals surface area contributed by atoms with Crippen molar-refractivity contribution >= 4 is 83.9 Å². The van der Waals surface area contributed by atoms with Crippen molar-refractivity contribution in [1.29, 1.82) is 0 Å². The van der Waals surface area contributed by atoms with E-state index in [2.05, 4.69) is 0 Å². The van der Waals surface area contributed by atoms with Crippen LogP contribution in [0.2, 0.25) is 0 Å². The standard InChI is InChI=1S/C21H15I3O7S/c22-15-11-16(23)20(25)19(24)18(15)21(26)31-9-8-30-13-6-7-17(32(27,28)29)14(10-13)12-4-2-1-3-5-12/h1-7,10-11,25H,8-9H2,(H,27,28,29). The van der Waals surface area contributed by atoms with Crippen LogP contribution >= 0.6 is 67.8 Å². The van der Waals surface area contributed by atoms with E-state index < -0.39 is 16.1 Å². The third kappa shape index (κ3) is 6.03. The summed E-state index contributed by atoms with van der Waals surface area (Å²) >= 11 is 5.89. The van der Waals surface area contributed by atoms with Gasteiger partial charge in [-0.1, -0.05) is 30.3 Å². The van der Waals surface area contributed by atoms with Crippen molar-refractivity contribution < 1.29 is 32.3 Å². The SMILES string of the molecule is O=C(OCCOc1ccc(S(=O)(=O)O)c(-c2ccccc2)c1)c1c(I)cc(I)c(O)c1I. The Bertz CT molecular complexity index is 1260. The van der Waals surface area contributed by atoms with Gasteiger partial charge in [-0.3, -0.25) is 4.55 Å². The lowest BCUT2D eigenvalue weighted by Gasteiger charge is -2.13. The van der Waals surface area contributed by atoms with Crippen molar-refractivity contribution in [2.75, 3.05) is 13.2 Å². The Morgan fingerprint density at radius 3 is 2.28 bits per heavy atom. The van der Waals surface area contributed by atoms with E-state index in [1.807, 2.05) is 67.8 Å². The number of aromatic hydroxyl groups is 1. The van der Waals surface area contributed by atoms with E-state index in [0.29, 0.717) is 27.6 Å². The number of hydrogen-bond acceptors (Lipinski definition) is 6. The highest BCUT2D eigenvalue weighted by Crippen LogP contribution is 2.33. The van der Waals surface area contributed by atoms with Crippen LogP contribution < -0.4 is 4.74 Å². The second kappa shape index (κ2) is 10.8. The highest BCUT2D eigenvalue weighted by molar-refractivity contribution is 14.1. The number of phenols is 1. The fraction of sp³-hybridized carbons (Fsp3) is 0.0952. The van der Waals surface area contributed by atoms with Crippen molar-refractivity contribution in [1.82, 2.24) is 0 Å². The zero-order chi connectivity index (χ0) is 23.5. The molecular weight excluding hydrogens is 777 g/mol. The Morgan fingerprint density at radius 2 is 1.62 bits per heavy atom. The molecule has 0 fully saturated rings. The van der Waals surface area contributed by atoms with E-state index in [1.54, 1.807) is 36.4 Å². The highest BCUT2D eigenvalue weighted by atomic mass is 127. The van der Waals surface area contributed by atoms with Crippen LogP contribution in [0.25, 0.3) is 11.1 Å². The first-order valence-electron chi connectivity index (χ1n) is 8.93. The quantitative estimate of drug-likeness (QED) is 0.144. The third-order valence-corrected chi connectivity index (χ3v) is 7.88. The van der Waals surface area contributed by atoms with Gasteiger partial charge in [-0.2, -0.15) is 8.42 Å². The molecule has 0 spiro atoms. The number of esters is 1. The van der Waals surface area contributed by atoms with Gasteiger partial charge in [-0.15, -0.1) is 0 Å². The maximum Gasteiger partial charge on any atom is 0.340 e. The van der Waals surface area contributed by atoms with Crippen LogP contribution in [0, 0.1) is 10.7 Å². The first kappa shape index (κ1) is 25.5. The second-order valence-corrected chi connectivity index (χ2v) is 11.2. The lowest BCUT2D eigenvalue weighted by atomic mass is 10.1. The molecule has 2 N–H and O–H groups in total. The maximum absolute atomic E-state index is 12.5. The van der Waals surface area contributed by atoms with Crippen molar-refractivity contribution in [3.8, 4) is 22.6 Å². The molecule has 0 amide bonds. The fourth-order valence-electron chi connectivity index (χ4n) is 2.80. The molecule has 7 nitrogen and oxygen atoms in total. The minimum Gasteiger partial charge on any atom is -0.506 e. The summed E-state index contributed by atoms with van der Waals surface area (Å²) in [4.78, 5) is 12.2. The molecule has 0 aliphatic rings. The van der Waals surface area contributed by atoms with Gasteiger partial charge in [0.15, 0.2) is 0 Å². The molecule has 0 atom stereocenters. The molecule has 168 valence electrons. The van der Waals surface area contributed by atoms with Crippen LogP contribution in [0.1, 0.15) is 10.4 Å². The summed E-state index contributed by atoms with van der Waals surface area (Å²) in [5.74, 6) is -0.202. The molecule has 3 aromatic carbocycles. The van der Waals surface area contributed by atoms with Crippen molar-refractivity contribution in [2.45, 2.75) is 4.90 Å². The van der Waals surface area contributed by atoms with Crippen molar-refractivity contribution in [3.05, 3.63) is 70.9 Å². The predicted molar refractivity (Wildman–Crippen MR) is 144 cm³/mol. The van der Waals surface area contributed by atoms with Gasteiger partial charge in [0, 0.05) is 9.13 Å². The van der Waals surface area contributed by atoms with Gasteiger partial charge < -0.3 is 14.6 Å². The number of phenolic OH excluding ortho intramolecular Hbond substituents is 1. The summed E-state index contributed by atoms with van der Waals surface area (Å²) in [6, 6.07) is 14.6. The summed E-state index contributed by atoms with van der Waals surface area (Å²) in [5.41, 5.74) is 1.17. The first-order chi connectivity index (χ1) is 15.1. The van der Waals surface area contributed by atoms with Crippen molar-refractivity contribution in [2.24, 2.45) is 0 Å². The molecule has 32 heavy (non-hydrogen) atoms. The second-order valence-electron chi connectivity index (χ2n) is 6.36. The lowest BCUT2D eigenvalue weighted by Crippen LogP contribution is -2.15. The summed E-state index contributed by atoms with van der Waals surface area (Å²) < 4.78 is 45.6. The number of carbonyl (C=O) groups excluding carboxylic acids is 1. The van der Waals surface area contributed by atoms with Crippen LogP contribution in [0.4, 0.5) is 0 Å². The van der Waals surface area contributed by atoms with Gasteiger partial charge in [-0.05, 0) is 97.6 Å². The Morgan fingerprint density at radius 1 is 0.938 bits per heavy atom. The molecule has 0 bridgehead atoms. The number of ether oxygens (including phenoxy) is 2. The molecular formula is C21H15I3O7S. The van der Waals surface area contributed by atoms with Crippen LogP contribution in [0.15, 0.2) is 59.5 Å². The van der Waals surface area contributed by atoms with Crippen LogP contribution in [-0.2, 0) is 14.9 Å². The number of rotatable bonds is 7. The lowest BCUT2D eigenvalue weighted by molar-refractivity contribution is 0.0447. The minimum absolute atomic E-state index is 0.0225. The molecule has 0 aliphatic heterocycles. The normalized spacial score (nSPS) is 11.2. The molecule has 3 aromatic rings. The zero-order valence-electron chi connectivity index (χ0n) is 16.1. The van der Waals surface area contributed by atoms with Gasteiger partial charge in [0.05, 0.1) is 12.7 Å². The molecule has 0 radical (unpaired) electrons. The number of hydrogen-bond donors (Lipinski definition) is 2. The van der Waals surface area contributed by atoms with Gasteiger partial charge in [0.1, 0.15) is 29.6 Å². The predicted octanol–water partition coefficient (Wildman–Crippen LogP) is 5.36. The average Bonchev–Trinajstić information content (AvgIpc) is 2.75. The highest BCUT2D eigenvalue weighted by Gasteiger charge is 2.21. The first-order valence-corrected chi connectivity index (χ1v) is 13.6. The van der Waals surface area contributed by atoms with Gasteiger partial charge in [0.25, 0.3) is 10.1 Å². The Hall–Kier alpha value is -1.17. The van der Waals surface area contributed by atoms with E-state index in [4.69, 9.17) is 9.47 Å². The molecule has 0 aromatic heterocycles. The monoisotopic (exact) mass is 792 g/mol. The number of halogens is 3. The van der Waals surface area contributed by atoms with Gasteiger partial charge in [-0.25, -0.2) is 4.79 Å². The molecule has 0 heterocycles. The van der Waals surface area contributed by atoms with E-state index in [1.165, 1.54) is 18.2 Å². The topological polar surface area (TPSA) is 110 Å². The molecule has 0 unspecified atom stereocenters. The Kier molecular flexibility index (Phi) is 8.62. The molecule has 0 aliphatic carbocycles. The Balaban J connectivity index is 1.71.